The zero-order chi connectivity index (χ0) is 14.1. The third-order valence-corrected chi connectivity index (χ3v) is 6.07. The molecule has 0 radical (unpaired) electrons. The minimum absolute atomic E-state index is 0.180. The molecule has 4 N–H and O–H groups in total. The molecule has 6 nitrogen and oxygen atoms in total. The van der Waals surface area contributed by atoms with Gasteiger partial charge in [0.15, 0.2) is 9.84 Å². The van der Waals surface area contributed by atoms with Gasteiger partial charge in [-0.05, 0) is 38.6 Å². The van der Waals surface area contributed by atoms with Crippen LogP contribution in [-0.2, 0) is 14.6 Å². The number of nitrogens with two attached hydrogens (primary N) is 2. The summed E-state index contributed by atoms with van der Waals surface area (Å²) in [6.07, 6.45) is 3.67. The first-order valence-electron chi connectivity index (χ1n) is 6.86. The van der Waals surface area contributed by atoms with Crippen molar-refractivity contribution < 1.29 is 13.2 Å². The number of carbonyl (C=O) groups is 1. The van der Waals surface area contributed by atoms with Gasteiger partial charge in [0, 0.05) is 12.6 Å². The highest BCUT2D eigenvalue weighted by atomic mass is 32.2. The maximum atomic E-state index is 11.6. The van der Waals surface area contributed by atoms with Gasteiger partial charge < -0.3 is 11.5 Å². The maximum Gasteiger partial charge on any atom is 0.237 e. The summed E-state index contributed by atoms with van der Waals surface area (Å²) in [6.45, 7) is 1.31. The van der Waals surface area contributed by atoms with Gasteiger partial charge in [0.05, 0.1) is 17.0 Å². The average Bonchev–Trinajstić information content (AvgIpc) is 2.50. The first-order chi connectivity index (χ1) is 8.82. The van der Waals surface area contributed by atoms with Crippen molar-refractivity contribution in [3.8, 4) is 0 Å². The third kappa shape index (κ3) is 3.46. The minimum atomic E-state index is -2.90. The van der Waals surface area contributed by atoms with Crippen molar-refractivity contribution in [1.82, 2.24) is 4.90 Å². The van der Waals surface area contributed by atoms with Crippen LogP contribution in [0.2, 0.25) is 0 Å². The fourth-order valence-corrected chi connectivity index (χ4v) is 4.42. The van der Waals surface area contributed by atoms with Crippen LogP contribution in [0.15, 0.2) is 0 Å². The SMILES string of the molecule is NC(=O)C1(N)CCCC(N2CCCS(=O)(=O)CC2)C1. The number of hydrogen-bond donors (Lipinski definition) is 2. The van der Waals surface area contributed by atoms with Gasteiger partial charge in [-0.3, -0.25) is 9.69 Å². The molecule has 1 aliphatic heterocycles. The molecule has 1 saturated heterocycles. The number of sulfone groups is 1. The molecule has 0 aromatic carbocycles. The van der Waals surface area contributed by atoms with E-state index in [2.05, 4.69) is 4.90 Å². The predicted octanol–water partition coefficient (Wildman–Crippen LogP) is -0.768. The van der Waals surface area contributed by atoms with Crippen LogP contribution < -0.4 is 11.5 Å². The summed E-state index contributed by atoms with van der Waals surface area (Å²) in [4.78, 5) is 13.6. The van der Waals surface area contributed by atoms with Crippen molar-refractivity contribution >= 4 is 15.7 Å². The van der Waals surface area contributed by atoms with E-state index in [1.807, 2.05) is 0 Å². The summed E-state index contributed by atoms with van der Waals surface area (Å²) >= 11 is 0. The smallest absolute Gasteiger partial charge is 0.237 e. The highest BCUT2D eigenvalue weighted by Crippen LogP contribution is 2.30. The summed E-state index contributed by atoms with van der Waals surface area (Å²) in [7, 11) is -2.90. The Labute approximate surface area is 114 Å². The van der Waals surface area contributed by atoms with Crippen LogP contribution in [0, 0.1) is 0 Å². The minimum Gasteiger partial charge on any atom is -0.368 e. The number of primary amides is 1. The molecule has 0 spiro atoms. The van der Waals surface area contributed by atoms with Crippen molar-refractivity contribution in [3.05, 3.63) is 0 Å². The second kappa shape index (κ2) is 5.38. The van der Waals surface area contributed by atoms with E-state index in [0.717, 1.165) is 19.4 Å². The zero-order valence-corrected chi connectivity index (χ0v) is 12.0. The average molecular weight is 289 g/mol. The van der Waals surface area contributed by atoms with Crippen LogP contribution in [0.4, 0.5) is 0 Å². The van der Waals surface area contributed by atoms with Gasteiger partial charge in [0.25, 0.3) is 0 Å². The van der Waals surface area contributed by atoms with E-state index in [4.69, 9.17) is 11.5 Å². The standard InChI is InChI=1S/C12H23N3O3S/c13-11(16)12(14)4-1-3-10(9-12)15-5-2-7-19(17,18)8-6-15/h10H,1-9,14H2,(H2,13,16). The molecule has 1 heterocycles. The lowest BCUT2D eigenvalue weighted by Crippen LogP contribution is -2.58. The van der Waals surface area contributed by atoms with Gasteiger partial charge in [0.1, 0.15) is 0 Å². The summed E-state index contributed by atoms with van der Waals surface area (Å²) in [5, 5.41) is 0. The van der Waals surface area contributed by atoms with Crippen molar-refractivity contribution in [2.45, 2.75) is 43.7 Å². The molecule has 2 unspecified atom stereocenters. The molecule has 0 aromatic heterocycles. The largest absolute Gasteiger partial charge is 0.368 e. The Morgan fingerprint density at radius 1 is 1.21 bits per heavy atom. The molecule has 1 amide bonds. The Kier molecular flexibility index (Phi) is 4.17. The van der Waals surface area contributed by atoms with Crippen LogP contribution in [0.3, 0.4) is 0 Å². The van der Waals surface area contributed by atoms with Crippen molar-refractivity contribution in [2.75, 3.05) is 24.6 Å². The molecular weight excluding hydrogens is 266 g/mol. The van der Waals surface area contributed by atoms with Gasteiger partial charge in [-0.25, -0.2) is 8.42 Å². The number of amides is 1. The molecule has 19 heavy (non-hydrogen) atoms. The Morgan fingerprint density at radius 3 is 2.63 bits per heavy atom. The quantitative estimate of drug-likeness (QED) is 0.694. The van der Waals surface area contributed by atoms with Crippen molar-refractivity contribution in [3.63, 3.8) is 0 Å². The van der Waals surface area contributed by atoms with E-state index in [9.17, 15) is 13.2 Å². The fourth-order valence-electron chi connectivity index (χ4n) is 3.14. The maximum absolute atomic E-state index is 11.6. The Bertz CT molecular complexity index is 451. The van der Waals surface area contributed by atoms with E-state index in [1.165, 1.54) is 0 Å². The van der Waals surface area contributed by atoms with Crippen molar-refractivity contribution in [2.24, 2.45) is 11.5 Å². The number of nitrogens with zero attached hydrogens (tertiary/aromatic N) is 1. The van der Waals surface area contributed by atoms with Gasteiger partial charge >= 0.3 is 0 Å². The molecule has 1 aliphatic carbocycles. The molecule has 2 aliphatic rings. The summed E-state index contributed by atoms with van der Waals surface area (Å²) in [5.74, 6) is 0.0249. The van der Waals surface area contributed by atoms with E-state index < -0.39 is 21.3 Å². The Balaban J connectivity index is 2.03. The molecule has 2 fully saturated rings. The van der Waals surface area contributed by atoms with Crippen LogP contribution in [0.1, 0.15) is 32.1 Å². The predicted molar refractivity (Wildman–Crippen MR) is 73.2 cm³/mol. The van der Waals surface area contributed by atoms with Crippen LogP contribution in [0.5, 0.6) is 0 Å². The first-order valence-corrected chi connectivity index (χ1v) is 8.68. The molecule has 110 valence electrons. The van der Waals surface area contributed by atoms with Crippen LogP contribution in [0.25, 0.3) is 0 Å². The first kappa shape index (κ1) is 14.7. The molecule has 7 heteroatoms. The van der Waals surface area contributed by atoms with Crippen molar-refractivity contribution in [1.29, 1.82) is 0 Å². The number of rotatable bonds is 2. The number of hydrogen-bond acceptors (Lipinski definition) is 5. The van der Waals surface area contributed by atoms with Gasteiger partial charge in [0.2, 0.25) is 5.91 Å². The van der Waals surface area contributed by atoms with Gasteiger partial charge in [-0.15, -0.1) is 0 Å². The summed E-state index contributed by atoms with van der Waals surface area (Å²) in [6, 6.07) is 0.180. The highest BCUT2D eigenvalue weighted by Gasteiger charge is 2.40. The van der Waals surface area contributed by atoms with Crippen LogP contribution in [-0.4, -0.2) is 55.4 Å². The summed E-state index contributed by atoms with van der Waals surface area (Å²) in [5.41, 5.74) is 10.5. The fraction of sp³-hybridized carbons (Fsp3) is 0.917. The highest BCUT2D eigenvalue weighted by molar-refractivity contribution is 7.91. The Morgan fingerprint density at radius 2 is 1.95 bits per heavy atom. The molecule has 0 aromatic rings. The van der Waals surface area contributed by atoms with E-state index in [1.54, 1.807) is 0 Å². The number of carbonyl (C=O) groups excluding carboxylic acids is 1. The normalized spacial score (nSPS) is 36.6. The van der Waals surface area contributed by atoms with Gasteiger partial charge in [-0.1, -0.05) is 0 Å². The van der Waals surface area contributed by atoms with E-state index in [-0.39, 0.29) is 17.5 Å². The second-order valence-corrected chi connectivity index (χ2v) is 8.12. The lowest BCUT2D eigenvalue weighted by Gasteiger charge is -2.40. The lowest BCUT2D eigenvalue weighted by atomic mass is 9.78. The molecule has 2 rings (SSSR count). The molecule has 2 atom stereocenters. The second-order valence-electron chi connectivity index (χ2n) is 5.81. The van der Waals surface area contributed by atoms with Gasteiger partial charge in [-0.2, -0.15) is 0 Å². The molecule has 0 bridgehead atoms. The molecule has 1 saturated carbocycles. The zero-order valence-electron chi connectivity index (χ0n) is 11.2. The van der Waals surface area contributed by atoms with E-state index in [0.29, 0.717) is 25.8 Å². The topological polar surface area (TPSA) is 106 Å². The van der Waals surface area contributed by atoms with E-state index >= 15 is 0 Å². The summed E-state index contributed by atoms with van der Waals surface area (Å²) < 4.78 is 23.2. The lowest BCUT2D eigenvalue weighted by molar-refractivity contribution is -0.125. The molecular formula is C12H23N3O3S. The van der Waals surface area contributed by atoms with Crippen LogP contribution >= 0.6 is 0 Å². The third-order valence-electron chi connectivity index (χ3n) is 4.36. The monoisotopic (exact) mass is 289 g/mol. The Hall–Kier alpha value is -0.660.